The van der Waals surface area contributed by atoms with E-state index < -0.39 is 17.7 Å². The molecule has 0 bridgehead atoms. The number of carbonyl (C=O) groups excluding carboxylic acids is 1. The molecule has 1 atom stereocenters. The third-order valence-corrected chi connectivity index (χ3v) is 3.05. The number of benzene rings is 2. The molecule has 2 aromatic carbocycles. The van der Waals surface area contributed by atoms with Gasteiger partial charge in [0.15, 0.2) is 0 Å². The second-order valence-corrected chi connectivity index (χ2v) is 5.00. The van der Waals surface area contributed by atoms with Crippen molar-refractivity contribution in [1.82, 2.24) is 0 Å². The van der Waals surface area contributed by atoms with Crippen molar-refractivity contribution in [2.45, 2.75) is 25.9 Å². The zero-order chi connectivity index (χ0) is 15.4. The number of esters is 1. The predicted octanol–water partition coefficient (Wildman–Crippen LogP) is 3.61. The number of aromatic hydroxyl groups is 1. The topological polar surface area (TPSA) is 46.5 Å². The number of carbonyl (C=O) groups is 1. The molecule has 0 amide bonds. The molecule has 0 aromatic heterocycles. The highest BCUT2D eigenvalue weighted by Gasteiger charge is 2.29. The first kappa shape index (κ1) is 15.0. The summed E-state index contributed by atoms with van der Waals surface area (Å²) in [5.41, 5.74) is 0.512. The number of halogens is 1. The second-order valence-electron chi connectivity index (χ2n) is 5.00. The van der Waals surface area contributed by atoms with Gasteiger partial charge in [-0.15, -0.1) is 0 Å². The van der Waals surface area contributed by atoms with E-state index in [1.165, 1.54) is 18.2 Å². The Hall–Kier alpha value is -2.36. The summed E-state index contributed by atoms with van der Waals surface area (Å²) in [5, 5.41) is 9.99. The van der Waals surface area contributed by atoms with E-state index in [1.54, 1.807) is 44.2 Å². The number of hydrogen-bond donors (Lipinski definition) is 1. The largest absolute Gasteiger partial charge is 0.508 e. The molecule has 0 heterocycles. The third-order valence-electron chi connectivity index (χ3n) is 3.05. The van der Waals surface area contributed by atoms with Crippen LogP contribution in [0.5, 0.6) is 5.75 Å². The summed E-state index contributed by atoms with van der Waals surface area (Å²) < 4.78 is 19.3. The number of phenols is 1. The van der Waals surface area contributed by atoms with Gasteiger partial charge in [0, 0.05) is 11.1 Å². The lowest BCUT2D eigenvalue weighted by atomic mass is 9.90. The van der Waals surface area contributed by atoms with E-state index in [0.717, 1.165) is 0 Å². The van der Waals surface area contributed by atoms with Crippen LogP contribution in [0, 0.1) is 5.82 Å². The van der Waals surface area contributed by atoms with Crippen LogP contribution in [0.4, 0.5) is 4.39 Å². The van der Waals surface area contributed by atoms with Crippen LogP contribution in [0.2, 0.25) is 0 Å². The van der Waals surface area contributed by atoms with Gasteiger partial charge in [0.05, 0.1) is 6.10 Å². The fraction of sp³-hybridized carbons (Fsp3) is 0.235. The summed E-state index contributed by atoms with van der Waals surface area (Å²) in [6.07, 6.45) is -0.322. The fourth-order valence-corrected chi connectivity index (χ4v) is 2.16. The van der Waals surface area contributed by atoms with Crippen molar-refractivity contribution >= 4 is 5.97 Å². The Morgan fingerprint density at radius 3 is 2.19 bits per heavy atom. The molecular formula is C17H17FO3. The molecule has 21 heavy (non-hydrogen) atoms. The molecule has 110 valence electrons. The normalized spacial score (nSPS) is 12.2. The lowest BCUT2D eigenvalue weighted by Gasteiger charge is -2.20. The number of ether oxygens (including phenoxy) is 1. The van der Waals surface area contributed by atoms with Gasteiger partial charge in [0.1, 0.15) is 17.5 Å². The summed E-state index contributed by atoms with van der Waals surface area (Å²) in [6.45, 7) is 3.45. The van der Waals surface area contributed by atoms with Gasteiger partial charge < -0.3 is 9.84 Å². The van der Waals surface area contributed by atoms with Gasteiger partial charge in [-0.3, -0.25) is 4.79 Å². The molecule has 2 aromatic rings. The third kappa shape index (κ3) is 3.40. The van der Waals surface area contributed by atoms with E-state index in [-0.39, 0.29) is 17.4 Å². The van der Waals surface area contributed by atoms with Crippen LogP contribution in [-0.2, 0) is 9.53 Å². The van der Waals surface area contributed by atoms with E-state index in [0.29, 0.717) is 5.56 Å². The van der Waals surface area contributed by atoms with Crippen LogP contribution < -0.4 is 0 Å². The minimum absolute atomic E-state index is 0.0635. The maximum Gasteiger partial charge on any atom is 0.318 e. The van der Waals surface area contributed by atoms with E-state index in [2.05, 4.69) is 0 Å². The van der Waals surface area contributed by atoms with Crippen molar-refractivity contribution in [3.63, 3.8) is 0 Å². The summed E-state index contributed by atoms with van der Waals surface area (Å²) >= 11 is 0. The highest BCUT2D eigenvalue weighted by Crippen LogP contribution is 2.33. The minimum atomic E-state index is -0.991. The van der Waals surface area contributed by atoms with Gasteiger partial charge in [0.25, 0.3) is 0 Å². The molecule has 0 aliphatic rings. The van der Waals surface area contributed by atoms with Crippen molar-refractivity contribution in [3.8, 4) is 5.75 Å². The Morgan fingerprint density at radius 2 is 1.62 bits per heavy atom. The van der Waals surface area contributed by atoms with Crippen LogP contribution in [0.1, 0.15) is 30.9 Å². The van der Waals surface area contributed by atoms with Crippen LogP contribution in [0.3, 0.4) is 0 Å². The quantitative estimate of drug-likeness (QED) is 0.874. The number of hydrogen-bond acceptors (Lipinski definition) is 3. The predicted molar refractivity (Wildman–Crippen MR) is 77.6 cm³/mol. The van der Waals surface area contributed by atoms with E-state index >= 15 is 0 Å². The molecule has 0 radical (unpaired) electrons. The minimum Gasteiger partial charge on any atom is -0.508 e. The summed E-state index contributed by atoms with van der Waals surface area (Å²) in [4.78, 5) is 12.4. The highest BCUT2D eigenvalue weighted by molar-refractivity contribution is 5.83. The fourth-order valence-electron chi connectivity index (χ4n) is 2.16. The van der Waals surface area contributed by atoms with Gasteiger partial charge in [0.2, 0.25) is 0 Å². The average molecular weight is 288 g/mol. The maximum atomic E-state index is 14.1. The van der Waals surface area contributed by atoms with Crippen molar-refractivity contribution in [1.29, 1.82) is 0 Å². The van der Waals surface area contributed by atoms with Gasteiger partial charge in [-0.2, -0.15) is 0 Å². The zero-order valence-electron chi connectivity index (χ0n) is 11.9. The van der Waals surface area contributed by atoms with E-state index in [9.17, 15) is 14.3 Å². The Labute approximate surface area is 123 Å². The first-order chi connectivity index (χ1) is 10.0. The maximum absolute atomic E-state index is 14.1. The summed E-state index contributed by atoms with van der Waals surface area (Å²) in [7, 11) is 0. The van der Waals surface area contributed by atoms with Crippen LogP contribution >= 0.6 is 0 Å². The first-order valence-corrected chi connectivity index (χ1v) is 6.73. The van der Waals surface area contributed by atoms with Crippen LogP contribution in [0.15, 0.2) is 48.5 Å². The Bertz CT molecular complexity index is 592. The second kappa shape index (κ2) is 6.39. The lowest BCUT2D eigenvalue weighted by Crippen LogP contribution is -2.21. The first-order valence-electron chi connectivity index (χ1n) is 6.73. The lowest BCUT2D eigenvalue weighted by molar-refractivity contribution is -0.148. The number of para-hydroxylation sites is 1. The number of rotatable bonds is 4. The molecule has 0 saturated carbocycles. The van der Waals surface area contributed by atoms with Crippen molar-refractivity contribution in [2.75, 3.05) is 0 Å². The average Bonchev–Trinajstić information content (AvgIpc) is 2.42. The molecule has 1 unspecified atom stereocenters. The Balaban J connectivity index is 2.53. The van der Waals surface area contributed by atoms with E-state index in [4.69, 9.17) is 4.74 Å². The SMILES string of the molecule is CC(C)OC(=O)C(c1ccccc1O)c1ccccc1F. The molecule has 4 heteroatoms. The molecule has 1 N–H and O–H groups in total. The smallest absolute Gasteiger partial charge is 0.318 e. The molecule has 0 saturated heterocycles. The van der Waals surface area contributed by atoms with Crippen molar-refractivity contribution in [3.05, 3.63) is 65.5 Å². The number of phenolic OH excluding ortho intramolecular Hbond substituents is 1. The molecule has 2 rings (SSSR count). The summed E-state index contributed by atoms with van der Waals surface area (Å²) in [5.74, 6) is -2.15. The van der Waals surface area contributed by atoms with Gasteiger partial charge >= 0.3 is 5.97 Å². The Morgan fingerprint density at radius 1 is 1.05 bits per heavy atom. The van der Waals surface area contributed by atoms with Crippen LogP contribution in [-0.4, -0.2) is 17.2 Å². The van der Waals surface area contributed by atoms with Crippen molar-refractivity contribution < 1.29 is 19.0 Å². The molecule has 0 fully saturated rings. The van der Waals surface area contributed by atoms with E-state index in [1.807, 2.05) is 0 Å². The summed E-state index contributed by atoms with van der Waals surface area (Å²) in [6, 6.07) is 12.4. The zero-order valence-corrected chi connectivity index (χ0v) is 11.9. The molecular weight excluding hydrogens is 271 g/mol. The molecule has 3 nitrogen and oxygen atoms in total. The monoisotopic (exact) mass is 288 g/mol. The molecule has 0 spiro atoms. The van der Waals surface area contributed by atoms with Crippen LogP contribution in [0.25, 0.3) is 0 Å². The molecule has 0 aliphatic heterocycles. The van der Waals surface area contributed by atoms with Gasteiger partial charge in [-0.1, -0.05) is 36.4 Å². The van der Waals surface area contributed by atoms with Gasteiger partial charge in [-0.05, 0) is 26.0 Å². The van der Waals surface area contributed by atoms with Crippen molar-refractivity contribution in [2.24, 2.45) is 0 Å². The molecule has 0 aliphatic carbocycles. The highest BCUT2D eigenvalue weighted by atomic mass is 19.1. The standard InChI is InChI=1S/C17H17FO3/c1-11(2)21-17(20)16(12-7-3-5-9-14(12)18)13-8-4-6-10-15(13)19/h3-11,16,19H,1-2H3. The Kier molecular flexibility index (Phi) is 4.58. The van der Waals surface area contributed by atoms with Gasteiger partial charge in [-0.25, -0.2) is 4.39 Å².